The SMILES string of the molecule is COC(=O)[C@H]1[C@@H](c2ccccc2)C(=O)N1c1ccc(OC)cc1. The Morgan fingerprint density at radius 2 is 1.65 bits per heavy atom. The number of hydrogen-bond acceptors (Lipinski definition) is 4. The molecule has 0 unspecified atom stereocenters. The average Bonchev–Trinajstić information content (AvgIpc) is 2.60. The average molecular weight is 311 g/mol. The maximum Gasteiger partial charge on any atom is 0.330 e. The Morgan fingerprint density at radius 3 is 2.22 bits per heavy atom. The molecule has 1 aliphatic heterocycles. The number of ether oxygens (including phenoxy) is 2. The predicted molar refractivity (Wildman–Crippen MR) is 85.5 cm³/mol. The van der Waals surface area contributed by atoms with Gasteiger partial charge in [-0.3, -0.25) is 9.69 Å². The van der Waals surface area contributed by atoms with Gasteiger partial charge in [-0.05, 0) is 29.8 Å². The number of esters is 1. The van der Waals surface area contributed by atoms with Gasteiger partial charge >= 0.3 is 5.97 Å². The highest BCUT2D eigenvalue weighted by Crippen LogP contribution is 2.40. The van der Waals surface area contributed by atoms with Gasteiger partial charge in [-0.25, -0.2) is 4.79 Å². The van der Waals surface area contributed by atoms with E-state index in [2.05, 4.69) is 0 Å². The third-order valence-corrected chi connectivity index (χ3v) is 4.05. The molecule has 0 aliphatic carbocycles. The Balaban J connectivity index is 1.94. The number of β-lactam (4-membered cyclic amide) rings is 1. The number of benzene rings is 2. The zero-order valence-corrected chi connectivity index (χ0v) is 12.9. The van der Waals surface area contributed by atoms with E-state index >= 15 is 0 Å². The van der Waals surface area contributed by atoms with Crippen molar-refractivity contribution in [2.45, 2.75) is 12.0 Å². The quantitative estimate of drug-likeness (QED) is 0.642. The van der Waals surface area contributed by atoms with Gasteiger partial charge in [-0.15, -0.1) is 0 Å². The number of amides is 1. The summed E-state index contributed by atoms with van der Waals surface area (Å²) in [6.07, 6.45) is 0. The number of rotatable bonds is 4. The summed E-state index contributed by atoms with van der Waals surface area (Å²) in [5, 5.41) is 0. The van der Waals surface area contributed by atoms with Gasteiger partial charge in [-0.1, -0.05) is 30.3 Å². The fraction of sp³-hybridized carbons (Fsp3) is 0.222. The number of methoxy groups -OCH3 is 2. The van der Waals surface area contributed by atoms with Gasteiger partial charge in [0.05, 0.1) is 20.1 Å². The Bertz CT molecular complexity index is 712. The third-order valence-electron chi connectivity index (χ3n) is 4.05. The molecule has 1 amide bonds. The van der Waals surface area contributed by atoms with E-state index in [0.717, 1.165) is 5.56 Å². The Morgan fingerprint density at radius 1 is 1.00 bits per heavy atom. The Hall–Kier alpha value is -2.82. The van der Waals surface area contributed by atoms with Gasteiger partial charge in [0.15, 0.2) is 0 Å². The monoisotopic (exact) mass is 311 g/mol. The highest BCUT2D eigenvalue weighted by molar-refractivity contribution is 6.13. The summed E-state index contributed by atoms with van der Waals surface area (Å²) in [5.74, 6) is -0.354. The van der Waals surface area contributed by atoms with Crippen molar-refractivity contribution in [1.29, 1.82) is 0 Å². The molecule has 2 aromatic carbocycles. The molecule has 1 saturated heterocycles. The summed E-state index contributed by atoms with van der Waals surface area (Å²) >= 11 is 0. The number of nitrogens with zero attached hydrogens (tertiary/aromatic N) is 1. The van der Waals surface area contributed by atoms with Gasteiger partial charge in [0.2, 0.25) is 5.91 Å². The van der Waals surface area contributed by atoms with Crippen molar-refractivity contribution in [3.63, 3.8) is 0 Å². The zero-order valence-electron chi connectivity index (χ0n) is 12.9. The van der Waals surface area contributed by atoms with Gasteiger partial charge in [-0.2, -0.15) is 0 Å². The van der Waals surface area contributed by atoms with Crippen LogP contribution in [0.3, 0.4) is 0 Å². The maximum absolute atomic E-state index is 12.6. The van der Waals surface area contributed by atoms with Crippen LogP contribution >= 0.6 is 0 Å². The highest BCUT2D eigenvalue weighted by Gasteiger charge is 2.53. The second-order valence-corrected chi connectivity index (χ2v) is 5.26. The standard InChI is InChI=1S/C18H17NO4/c1-22-14-10-8-13(9-11-14)19-16(18(21)23-2)15(17(19)20)12-6-4-3-5-7-12/h3-11,15-16H,1-2H3/t15-,16-/m1/s1. The van der Waals surface area contributed by atoms with Crippen molar-refractivity contribution in [3.8, 4) is 5.75 Å². The Kier molecular flexibility index (Phi) is 4.02. The molecule has 0 aromatic heterocycles. The molecule has 5 nitrogen and oxygen atoms in total. The van der Waals surface area contributed by atoms with Gasteiger partial charge < -0.3 is 9.47 Å². The van der Waals surface area contributed by atoms with E-state index < -0.39 is 17.9 Å². The molecule has 0 N–H and O–H groups in total. The number of carbonyl (C=O) groups excluding carboxylic acids is 2. The molecular weight excluding hydrogens is 294 g/mol. The molecule has 23 heavy (non-hydrogen) atoms. The van der Waals surface area contributed by atoms with Crippen LogP contribution in [0.1, 0.15) is 11.5 Å². The molecule has 0 bridgehead atoms. The van der Waals surface area contributed by atoms with Gasteiger partial charge in [0, 0.05) is 5.69 Å². The first-order chi connectivity index (χ1) is 11.2. The van der Waals surface area contributed by atoms with Gasteiger partial charge in [0.25, 0.3) is 0 Å². The van der Waals surface area contributed by atoms with Crippen LogP contribution < -0.4 is 9.64 Å². The minimum absolute atomic E-state index is 0.114. The molecule has 1 aliphatic rings. The van der Waals surface area contributed by atoms with Gasteiger partial charge in [0.1, 0.15) is 11.8 Å². The summed E-state index contributed by atoms with van der Waals surface area (Å²) in [4.78, 5) is 26.3. The lowest BCUT2D eigenvalue weighted by Crippen LogP contribution is -2.63. The van der Waals surface area contributed by atoms with Crippen molar-refractivity contribution in [3.05, 3.63) is 60.2 Å². The maximum atomic E-state index is 12.6. The lowest BCUT2D eigenvalue weighted by Gasteiger charge is -2.45. The van der Waals surface area contributed by atoms with Crippen LogP contribution in [0.2, 0.25) is 0 Å². The van der Waals surface area contributed by atoms with Crippen LogP contribution in [0.25, 0.3) is 0 Å². The largest absolute Gasteiger partial charge is 0.497 e. The van der Waals surface area contributed by atoms with E-state index in [9.17, 15) is 9.59 Å². The normalized spacial score (nSPS) is 19.9. The van der Waals surface area contributed by atoms with Crippen LogP contribution in [0.4, 0.5) is 5.69 Å². The van der Waals surface area contributed by atoms with Crippen molar-refractivity contribution < 1.29 is 19.1 Å². The van der Waals surface area contributed by atoms with Crippen LogP contribution in [0, 0.1) is 0 Å². The van der Waals surface area contributed by atoms with Crippen molar-refractivity contribution in [1.82, 2.24) is 0 Å². The minimum atomic E-state index is -0.650. The highest BCUT2D eigenvalue weighted by atomic mass is 16.5. The molecular formula is C18H17NO4. The molecule has 0 saturated carbocycles. The van der Waals surface area contributed by atoms with Crippen molar-refractivity contribution in [2.75, 3.05) is 19.1 Å². The summed E-state index contributed by atoms with van der Waals surface area (Å²) in [7, 11) is 2.91. The van der Waals surface area contributed by atoms with Crippen LogP contribution in [-0.4, -0.2) is 32.1 Å². The van der Waals surface area contributed by atoms with E-state index in [0.29, 0.717) is 11.4 Å². The molecule has 0 spiro atoms. The fourth-order valence-electron chi connectivity index (χ4n) is 2.87. The van der Waals surface area contributed by atoms with Crippen LogP contribution in [0.5, 0.6) is 5.75 Å². The summed E-state index contributed by atoms with van der Waals surface area (Å²) in [5.41, 5.74) is 1.47. The first-order valence-electron chi connectivity index (χ1n) is 7.27. The lowest BCUT2D eigenvalue weighted by molar-refractivity contribution is -0.149. The zero-order chi connectivity index (χ0) is 16.4. The van der Waals surface area contributed by atoms with E-state index in [1.54, 1.807) is 31.4 Å². The minimum Gasteiger partial charge on any atom is -0.497 e. The molecule has 1 fully saturated rings. The molecule has 118 valence electrons. The second kappa shape index (κ2) is 6.12. The van der Waals surface area contributed by atoms with E-state index in [4.69, 9.17) is 9.47 Å². The molecule has 2 aromatic rings. The molecule has 1 heterocycles. The number of carbonyl (C=O) groups is 2. The van der Waals surface area contributed by atoms with Crippen LogP contribution in [0.15, 0.2) is 54.6 Å². The van der Waals surface area contributed by atoms with E-state index in [1.807, 2.05) is 30.3 Å². The summed E-state index contributed by atoms with van der Waals surface area (Å²) in [6.45, 7) is 0. The first-order valence-corrected chi connectivity index (χ1v) is 7.27. The molecule has 2 atom stereocenters. The van der Waals surface area contributed by atoms with E-state index in [1.165, 1.54) is 12.0 Å². The smallest absolute Gasteiger partial charge is 0.330 e. The topological polar surface area (TPSA) is 55.8 Å². The first kappa shape index (κ1) is 15.1. The summed E-state index contributed by atoms with van der Waals surface area (Å²) in [6, 6.07) is 15.7. The lowest BCUT2D eigenvalue weighted by atomic mass is 9.81. The Labute approximate surface area is 134 Å². The fourth-order valence-corrected chi connectivity index (χ4v) is 2.87. The van der Waals surface area contributed by atoms with Crippen molar-refractivity contribution in [2.24, 2.45) is 0 Å². The van der Waals surface area contributed by atoms with Crippen LogP contribution in [-0.2, 0) is 14.3 Å². The molecule has 0 radical (unpaired) electrons. The molecule has 3 rings (SSSR count). The summed E-state index contributed by atoms with van der Waals surface area (Å²) < 4.78 is 10.0. The third kappa shape index (κ3) is 2.54. The number of hydrogen-bond donors (Lipinski definition) is 0. The second-order valence-electron chi connectivity index (χ2n) is 5.26. The number of anilines is 1. The van der Waals surface area contributed by atoms with Crippen molar-refractivity contribution >= 4 is 17.6 Å². The van der Waals surface area contributed by atoms with E-state index in [-0.39, 0.29) is 5.91 Å². The molecule has 5 heteroatoms. The predicted octanol–water partition coefficient (Wildman–Crippen LogP) is 2.37.